The summed E-state index contributed by atoms with van der Waals surface area (Å²) in [4.78, 5) is 24.2. The summed E-state index contributed by atoms with van der Waals surface area (Å²) in [6, 6.07) is 3.68. The minimum atomic E-state index is -0.802. The molecule has 2 atom stereocenters. The number of fused-ring (bicyclic) bond motifs is 1. The molecular formula is C25H23ClF2N6O2. The van der Waals surface area contributed by atoms with Crippen molar-refractivity contribution in [3.05, 3.63) is 75.1 Å². The van der Waals surface area contributed by atoms with Gasteiger partial charge in [0.1, 0.15) is 34.3 Å². The van der Waals surface area contributed by atoms with Crippen molar-refractivity contribution in [3.63, 3.8) is 0 Å². The van der Waals surface area contributed by atoms with Gasteiger partial charge in [-0.3, -0.25) is 13.9 Å². The van der Waals surface area contributed by atoms with E-state index in [1.165, 1.54) is 10.5 Å². The lowest BCUT2D eigenvalue weighted by molar-refractivity contribution is -0.0176. The van der Waals surface area contributed by atoms with Gasteiger partial charge in [0, 0.05) is 29.9 Å². The highest BCUT2D eigenvalue weighted by Crippen LogP contribution is 2.36. The molecule has 0 unspecified atom stereocenters. The third-order valence-electron chi connectivity index (χ3n) is 6.59. The lowest BCUT2D eigenvalue weighted by atomic mass is 10.1. The molecule has 11 heteroatoms. The molecule has 0 spiro atoms. The van der Waals surface area contributed by atoms with Crippen LogP contribution in [0.3, 0.4) is 0 Å². The maximum Gasteiger partial charge on any atom is 0.277 e. The van der Waals surface area contributed by atoms with Crippen LogP contribution in [0.15, 0.2) is 41.6 Å². The molecule has 1 aromatic carbocycles. The maximum absolute atomic E-state index is 14.9. The molecule has 1 aliphatic carbocycles. The SMILES string of the molecule is Cc1nc2c(-c3ccc(F)cc3F)nc(N3C[C@@H](c4cnn(C5CC5)c4)O[C@@H](C)C3)cn2c(=O)c1Cl. The molecule has 4 heterocycles. The molecule has 0 radical (unpaired) electrons. The van der Waals surface area contributed by atoms with E-state index >= 15 is 0 Å². The zero-order valence-corrected chi connectivity index (χ0v) is 20.4. The van der Waals surface area contributed by atoms with Crippen molar-refractivity contribution in [1.29, 1.82) is 0 Å². The molecule has 1 saturated heterocycles. The first-order valence-electron chi connectivity index (χ1n) is 11.8. The number of aryl methyl sites for hydroxylation is 1. The van der Waals surface area contributed by atoms with Gasteiger partial charge in [-0.2, -0.15) is 5.10 Å². The van der Waals surface area contributed by atoms with Crippen LogP contribution in [0.2, 0.25) is 5.02 Å². The summed E-state index contributed by atoms with van der Waals surface area (Å²) in [5, 5.41) is 4.45. The summed E-state index contributed by atoms with van der Waals surface area (Å²) in [6.07, 6.45) is 7.25. The Morgan fingerprint density at radius 1 is 1.14 bits per heavy atom. The summed E-state index contributed by atoms with van der Waals surface area (Å²) in [7, 11) is 0. The standard InChI is InChI=1S/C25H23ClF2N6O2/c1-13-9-32(11-20(36-13)15-8-29-34(10-15)17-4-5-17)21-12-33-24(30-14(2)22(26)25(33)35)23(31-21)18-6-3-16(27)7-19(18)28/h3,6-8,10,12-13,17,20H,4-5,9,11H2,1-2H3/t13-,20-/m0/s1. The van der Waals surface area contributed by atoms with E-state index in [4.69, 9.17) is 21.3 Å². The molecule has 186 valence electrons. The van der Waals surface area contributed by atoms with Gasteiger partial charge in [0.05, 0.1) is 36.8 Å². The summed E-state index contributed by atoms with van der Waals surface area (Å²) in [6.45, 7) is 4.50. The van der Waals surface area contributed by atoms with Crippen molar-refractivity contribution in [2.45, 2.75) is 44.9 Å². The minimum Gasteiger partial charge on any atom is -0.367 e. The molecule has 6 rings (SSSR count). The zero-order valence-electron chi connectivity index (χ0n) is 19.7. The van der Waals surface area contributed by atoms with Gasteiger partial charge < -0.3 is 9.64 Å². The Hall–Kier alpha value is -3.37. The average molecular weight is 513 g/mol. The summed E-state index contributed by atoms with van der Waals surface area (Å²) in [5.74, 6) is -1.08. The van der Waals surface area contributed by atoms with Crippen LogP contribution in [0, 0.1) is 18.6 Å². The number of nitrogens with zero attached hydrogens (tertiary/aromatic N) is 6. The van der Waals surface area contributed by atoms with Crippen LogP contribution >= 0.6 is 11.6 Å². The van der Waals surface area contributed by atoms with Gasteiger partial charge in [-0.15, -0.1) is 0 Å². The monoisotopic (exact) mass is 512 g/mol. The normalized spacial score (nSPS) is 20.3. The molecule has 1 aliphatic heterocycles. The predicted octanol–water partition coefficient (Wildman–Crippen LogP) is 4.49. The number of aromatic nitrogens is 5. The van der Waals surface area contributed by atoms with Gasteiger partial charge in [-0.05, 0) is 38.8 Å². The molecule has 36 heavy (non-hydrogen) atoms. The van der Waals surface area contributed by atoms with Crippen molar-refractivity contribution in [1.82, 2.24) is 24.1 Å². The van der Waals surface area contributed by atoms with E-state index in [-0.39, 0.29) is 34.1 Å². The fourth-order valence-corrected chi connectivity index (χ4v) is 4.74. The second-order valence-electron chi connectivity index (χ2n) is 9.41. The van der Waals surface area contributed by atoms with E-state index in [0.29, 0.717) is 30.6 Å². The first kappa shape index (κ1) is 23.1. The number of halogens is 3. The summed E-state index contributed by atoms with van der Waals surface area (Å²) >= 11 is 6.22. The third-order valence-corrected chi connectivity index (χ3v) is 7.03. The number of hydrogen-bond donors (Lipinski definition) is 0. The van der Waals surface area contributed by atoms with Crippen molar-refractivity contribution < 1.29 is 13.5 Å². The molecule has 3 aromatic heterocycles. The third kappa shape index (κ3) is 4.04. The second kappa shape index (κ2) is 8.63. The Labute approximate surface area is 210 Å². The van der Waals surface area contributed by atoms with Crippen molar-refractivity contribution in [2.24, 2.45) is 0 Å². The quantitative estimate of drug-likeness (QED) is 0.401. The molecule has 2 fully saturated rings. The summed E-state index contributed by atoms with van der Waals surface area (Å²) in [5.41, 5.74) is 1.07. The van der Waals surface area contributed by atoms with Gasteiger partial charge in [-0.25, -0.2) is 18.7 Å². The Bertz CT molecular complexity index is 1550. The fraction of sp³-hybridized carbons (Fsp3) is 0.360. The molecule has 0 N–H and O–H groups in total. The minimum absolute atomic E-state index is 0.0316. The van der Waals surface area contributed by atoms with E-state index in [2.05, 4.69) is 10.1 Å². The number of rotatable bonds is 4. The Morgan fingerprint density at radius 3 is 2.69 bits per heavy atom. The first-order chi connectivity index (χ1) is 17.3. The lowest BCUT2D eigenvalue weighted by Crippen LogP contribution is -2.43. The van der Waals surface area contributed by atoms with Crippen molar-refractivity contribution in [2.75, 3.05) is 18.0 Å². The van der Waals surface area contributed by atoms with Crippen LogP contribution in [0.4, 0.5) is 14.6 Å². The molecule has 8 nitrogen and oxygen atoms in total. The molecule has 0 amide bonds. The van der Waals surface area contributed by atoms with Gasteiger partial charge in [0.15, 0.2) is 5.65 Å². The smallest absolute Gasteiger partial charge is 0.277 e. The second-order valence-corrected chi connectivity index (χ2v) is 9.78. The number of benzene rings is 1. The topological polar surface area (TPSA) is 77.6 Å². The molecular weight excluding hydrogens is 490 g/mol. The molecule has 1 saturated carbocycles. The average Bonchev–Trinajstić information content (AvgIpc) is 3.58. The van der Waals surface area contributed by atoms with Crippen LogP contribution in [-0.2, 0) is 4.74 Å². The molecule has 4 aromatic rings. The highest BCUT2D eigenvalue weighted by Gasteiger charge is 2.31. The largest absolute Gasteiger partial charge is 0.367 e. The predicted molar refractivity (Wildman–Crippen MR) is 130 cm³/mol. The van der Waals surface area contributed by atoms with Gasteiger partial charge in [-0.1, -0.05) is 11.6 Å². The van der Waals surface area contributed by atoms with E-state index in [9.17, 15) is 13.6 Å². The van der Waals surface area contributed by atoms with Gasteiger partial charge >= 0.3 is 0 Å². The van der Waals surface area contributed by atoms with Crippen LogP contribution in [-0.4, -0.2) is 43.3 Å². The van der Waals surface area contributed by atoms with Crippen molar-refractivity contribution >= 4 is 23.1 Å². The Balaban J connectivity index is 1.47. The summed E-state index contributed by atoms with van der Waals surface area (Å²) < 4.78 is 38.0. The first-order valence-corrected chi connectivity index (χ1v) is 12.2. The Kier molecular flexibility index (Phi) is 5.53. The fourth-order valence-electron chi connectivity index (χ4n) is 4.61. The highest BCUT2D eigenvalue weighted by atomic mass is 35.5. The molecule has 2 aliphatic rings. The van der Waals surface area contributed by atoms with E-state index in [1.54, 1.807) is 13.1 Å². The van der Waals surface area contributed by atoms with Crippen molar-refractivity contribution in [3.8, 4) is 11.3 Å². The zero-order chi connectivity index (χ0) is 25.1. The highest BCUT2D eigenvalue weighted by molar-refractivity contribution is 6.31. The Morgan fingerprint density at radius 2 is 1.94 bits per heavy atom. The van der Waals surface area contributed by atoms with Crippen LogP contribution in [0.5, 0.6) is 0 Å². The lowest BCUT2D eigenvalue weighted by Gasteiger charge is -2.37. The van der Waals surface area contributed by atoms with Crippen LogP contribution in [0.25, 0.3) is 16.9 Å². The van der Waals surface area contributed by atoms with Gasteiger partial charge in [0.2, 0.25) is 0 Å². The van der Waals surface area contributed by atoms with Gasteiger partial charge in [0.25, 0.3) is 5.56 Å². The van der Waals surface area contributed by atoms with E-state index in [1.807, 2.05) is 28.9 Å². The number of hydrogen-bond acceptors (Lipinski definition) is 6. The van der Waals surface area contributed by atoms with E-state index < -0.39 is 17.2 Å². The van der Waals surface area contributed by atoms with E-state index in [0.717, 1.165) is 30.5 Å². The molecule has 0 bridgehead atoms. The number of anilines is 1. The van der Waals surface area contributed by atoms with Crippen LogP contribution in [0.1, 0.15) is 43.2 Å². The van der Waals surface area contributed by atoms with Crippen LogP contribution < -0.4 is 10.5 Å². The number of ether oxygens (including phenoxy) is 1. The maximum atomic E-state index is 14.9. The number of morpholine rings is 1.